The van der Waals surface area contributed by atoms with Gasteiger partial charge in [0, 0.05) is 10.9 Å². The second-order valence-corrected chi connectivity index (χ2v) is 6.75. The smallest absolute Gasteiger partial charge is 0.0438 e. The van der Waals surface area contributed by atoms with Crippen molar-refractivity contribution in [2.45, 2.75) is 46.5 Å². The Morgan fingerprint density at radius 2 is 1.59 bits per heavy atom. The van der Waals surface area contributed by atoms with E-state index >= 15 is 0 Å². The first-order valence-electron chi connectivity index (χ1n) is 8.23. The summed E-state index contributed by atoms with van der Waals surface area (Å²) < 4.78 is 0. The van der Waals surface area contributed by atoms with Crippen LogP contribution in [0, 0.1) is 11.8 Å². The summed E-state index contributed by atoms with van der Waals surface area (Å²) in [6, 6.07) is 17.0. The molecular weight excluding hydrogens is 288 g/mol. The minimum absolute atomic E-state index is 0.501. The third kappa shape index (κ3) is 3.93. The van der Waals surface area contributed by atoms with Gasteiger partial charge in [0.1, 0.15) is 0 Å². The van der Waals surface area contributed by atoms with Crippen LogP contribution >= 0.6 is 11.6 Å². The fourth-order valence-electron chi connectivity index (χ4n) is 2.90. The van der Waals surface area contributed by atoms with E-state index in [9.17, 15) is 0 Å². The average Bonchev–Trinajstić information content (AvgIpc) is 2.53. The lowest BCUT2D eigenvalue weighted by atomic mass is 9.78. The molecule has 2 rings (SSSR count). The van der Waals surface area contributed by atoms with Gasteiger partial charge in [-0.25, -0.2) is 0 Å². The van der Waals surface area contributed by atoms with Gasteiger partial charge in [-0.05, 0) is 47.4 Å². The molecule has 0 N–H and O–H groups in total. The lowest BCUT2D eigenvalue weighted by Crippen LogP contribution is -2.14. The summed E-state index contributed by atoms with van der Waals surface area (Å²) in [5.41, 5.74) is 4.08. The Bertz CT molecular complexity index is 600. The summed E-state index contributed by atoms with van der Waals surface area (Å²) in [6.45, 7) is 9.12. The maximum Gasteiger partial charge on any atom is 0.0438 e. The van der Waals surface area contributed by atoms with Crippen molar-refractivity contribution in [2.24, 2.45) is 5.92 Å². The highest BCUT2D eigenvalue weighted by Crippen LogP contribution is 2.35. The van der Waals surface area contributed by atoms with Crippen LogP contribution in [0.15, 0.2) is 48.5 Å². The molecule has 1 unspecified atom stereocenters. The molecule has 0 bridgehead atoms. The van der Waals surface area contributed by atoms with E-state index in [4.69, 9.17) is 11.6 Å². The molecular formula is C21H26Cl. The molecule has 1 radical (unpaired) electrons. The van der Waals surface area contributed by atoms with Crippen LogP contribution in [0.5, 0.6) is 0 Å². The Morgan fingerprint density at radius 3 is 2.23 bits per heavy atom. The molecule has 1 heteroatoms. The zero-order valence-corrected chi connectivity index (χ0v) is 14.8. The summed E-state index contributed by atoms with van der Waals surface area (Å²) in [5.74, 6) is 2.56. The SMILES string of the molecule is CCC(C)c1ccccc1[C](Cc1ccccc1Cl)C(C)C. The van der Waals surface area contributed by atoms with E-state index in [-0.39, 0.29) is 0 Å². The lowest BCUT2D eigenvalue weighted by molar-refractivity contribution is 0.640. The first-order valence-corrected chi connectivity index (χ1v) is 8.60. The Morgan fingerprint density at radius 1 is 0.955 bits per heavy atom. The summed E-state index contributed by atoms with van der Waals surface area (Å²) >= 11 is 6.38. The molecule has 2 aromatic rings. The number of benzene rings is 2. The van der Waals surface area contributed by atoms with Gasteiger partial charge in [-0.1, -0.05) is 81.8 Å². The normalized spacial score (nSPS) is 12.9. The van der Waals surface area contributed by atoms with Gasteiger partial charge in [0.05, 0.1) is 0 Å². The van der Waals surface area contributed by atoms with Crippen LogP contribution in [0.25, 0.3) is 0 Å². The predicted molar refractivity (Wildman–Crippen MR) is 97.5 cm³/mol. The topological polar surface area (TPSA) is 0 Å². The summed E-state index contributed by atoms with van der Waals surface area (Å²) in [7, 11) is 0. The van der Waals surface area contributed by atoms with Gasteiger partial charge in [-0.2, -0.15) is 0 Å². The van der Waals surface area contributed by atoms with Gasteiger partial charge < -0.3 is 0 Å². The van der Waals surface area contributed by atoms with Crippen LogP contribution in [0.4, 0.5) is 0 Å². The minimum atomic E-state index is 0.501. The van der Waals surface area contributed by atoms with Gasteiger partial charge in [0.25, 0.3) is 0 Å². The van der Waals surface area contributed by atoms with E-state index in [2.05, 4.69) is 64.1 Å². The number of hydrogen-bond donors (Lipinski definition) is 0. The highest BCUT2D eigenvalue weighted by molar-refractivity contribution is 6.31. The van der Waals surface area contributed by atoms with Gasteiger partial charge in [-0.3, -0.25) is 0 Å². The van der Waals surface area contributed by atoms with E-state index < -0.39 is 0 Å². The van der Waals surface area contributed by atoms with Crippen molar-refractivity contribution in [1.82, 2.24) is 0 Å². The molecule has 1 atom stereocenters. The van der Waals surface area contributed by atoms with E-state index in [1.165, 1.54) is 22.6 Å². The third-order valence-electron chi connectivity index (χ3n) is 4.49. The quantitative estimate of drug-likeness (QED) is 0.558. The first kappa shape index (κ1) is 17.1. The van der Waals surface area contributed by atoms with Gasteiger partial charge >= 0.3 is 0 Å². The molecule has 0 spiro atoms. The molecule has 0 heterocycles. The van der Waals surface area contributed by atoms with E-state index in [1.54, 1.807) is 0 Å². The molecule has 0 aliphatic rings. The van der Waals surface area contributed by atoms with E-state index in [0.717, 1.165) is 17.9 Å². The molecule has 2 aromatic carbocycles. The summed E-state index contributed by atoms with van der Waals surface area (Å²) in [4.78, 5) is 0. The molecule has 22 heavy (non-hydrogen) atoms. The van der Waals surface area contributed by atoms with Crippen LogP contribution in [0.2, 0.25) is 5.02 Å². The van der Waals surface area contributed by atoms with Crippen molar-refractivity contribution in [1.29, 1.82) is 0 Å². The highest BCUT2D eigenvalue weighted by Gasteiger charge is 2.22. The second kappa shape index (κ2) is 7.83. The first-order chi connectivity index (χ1) is 10.5. The average molecular weight is 314 g/mol. The lowest BCUT2D eigenvalue weighted by Gasteiger charge is -2.26. The van der Waals surface area contributed by atoms with Gasteiger partial charge in [-0.15, -0.1) is 0 Å². The minimum Gasteiger partial charge on any atom is -0.0840 e. The van der Waals surface area contributed by atoms with Crippen LogP contribution in [0.3, 0.4) is 0 Å². The van der Waals surface area contributed by atoms with Crippen molar-refractivity contribution in [3.63, 3.8) is 0 Å². The summed E-state index contributed by atoms with van der Waals surface area (Å²) in [5, 5.41) is 0.863. The number of hydrogen-bond acceptors (Lipinski definition) is 0. The van der Waals surface area contributed by atoms with Crippen LogP contribution in [-0.4, -0.2) is 0 Å². The molecule has 0 saturated carbocycles. The monoisotopic (exact) mass is 313 g/mol. The Labute approximate surface area is 140 Å². The maximum atomic E-state index is 6.38. The van der Waals surface area contributed by atoms with Crippen molar-refractivity contribution < 1.29 is 0 Å². The van der Waals surface area contributed by atoms with E-state index in [1.807, 2.05) is 12.1 Å². The van der Waals surface area contributed by atoms with Crippen LogP contribution in [-0.2, 0) is 6.42 Å². The molecule has 0 saturated heterocycles. The van der Waals surface area contributed by atoms with Crippen LogP contribution < -0.4 is 0 Å². The molecule has 0 amide bonds. The number of rotatable bonds is 6. The zero-order chi connectivity index (χ0) is 16.1. The molecule has 0 aliphatic carbocycles. The standard InChI is InChI=1S/C21H26Cl/c1-5-16(4)18-11-7-8-12-19(18)20(15(2)3)14-17-10-6-9-13-21(17)22/h6-13,15-16H,5,14H2,1-4H3. The zero-order valence-electron chi connectivity index (χ0n) is 14.1. The Kier molecular flexibility index (Phi) is 6.08. The molecule has 0 fully saturated rings. The number of halogens is 1. The maximum absolute atomic E-state index is 6.38. The fraction of sp³-hybridized carbons (Fsp3) is 0.381. The van der Waals surface area contributed by atoms with Crippen molar-refractivity contribution in [2.75, 3.05) is 0 Å². The van der Waals surface area contributed by atoms with Crippen LogP contribution in [0.1, 0.15) is 56.7 Å². The molecule has 117 valence electrons. The second-order valence-electron chi connectivity index (χ2n) is 6.34. The van der Waals surface area contributed by atoms with Crippen molar-refractivity contribution >= 4 is 11.6 Å². The highest BCUT2D eigenvalue weighted by atomic mass is 35.5. The Balaban J connectivity index is 2.39. The molecule has 0 aromatic heterocycles. The van der Waals surface area contributed by atoms with Gasteiger partial charge in [0.15, 0.2) is 0 Å². The predicted octanol–water partition coefficient (Wildman–Crippen LogP) is 6.67. The molecule has 0 nitrogen and oxygen atoms in total. The third-order valence-corrected chi connectivity index (χ3v) is 4.85. The summed E-state index contributed by atoms with van der Waals surface area (Å²) in [6.07, 6.45) is 2.08. The largest absolute Gasteiger partial charge is 0.0840 e. The Hall–Kier alpha value is -1.27. The van der Waals surface area contributed by atoms with Gasteiger partial charge in [0.2, 0.25) is 0 Å². The van der Waals surface area contributed by atoms with Crippen molar-refractivity contribution in [3.8, 4) is 0 Å². The fourth-order valence-corrected chi connectivity index (χ4v) is 3.10. The van der Waals surface area contributed by atoms with E-state index in [0.29, 0.717) is 11.8 Å². The van der Waals surface area contributed by atoms with Crippen molar-refractivity contribution in [3.05, 3.63) is 76.2 Å². The molecule has 0 aliphatic heterocycles.